The van der Waals surface area contributed by atoms with E-state index in [0.717, 1.165) is 25.2 Å². The van der Waals surface area contributed by atoms with Crippen LogP contribution < -0.4 is 10.2 Å². The van der Waals surface area contributed by atoms with Crippen LogP contribution in [-0.2, 0) is 0 Å². The van der Waals surface area contributed by atoms with Gasteiger partial charge in [0.15, 0.2) is 0 Å². The number of rotatable bonds is 3. The number of hydrogen-bond donors (Lipinski definition) is 1. The first-order chi connectivity index (χ1) is 9.06. The van der Waals surface area contributed by atoms with Crippen molar-refractivity contribution in [2.75, 3.05) is 31.6 Å². The zero-order chi connectivity index (χ0) is 13.9. The predicted octanol–water partition coefficient (Wildman–Crippen LogP) is 2.63. The molecule has 0 amide bonds. The molecule has 1 aliphatic rings. The van der Waals surface area contributed by atoms with E-state index in [1.165, 1.54) is 12.1 Å². The zero-order valence-corrected chi connectivity index (χ0v) is 12.1. The van der Waals surface area contributed by atoms with Gasteiger partial charge in [-0.3, -0.25) is 0 Å². The van der Waals surface area contributed by atoms with Gasteiger partial charge in [0.05, 0.1) is 11.6 Å². The molecule has 0 radical (unpaired) electrons. The summed E-state index contributed by atoms with van der Waals surface area (Å²) in [6, 6.07) is 10.2. The number of nitrogens with zero attached hydrogens (tertiary/aromatic N) is 2. The van der Waals surface area contributed by atoms with Gasteiger partial charge in [-0.25, -0.2) is 0 Å². The first kappa shape index (κ1) is 13.9. The van der Waals surface area contributed by atoms with Crippen LogP contribution in [-0.4, -0.2) is 26.7 Å². The number of benzene rings is 1. The Bertz CT molecular complexity index is 473. The minimum atomic E-state index is 0.381. The Balaban J connectivity index is 2.16. The van der Waals surface area contributed by atoms with E-state index in [0.29, 0.717) is 11.3 Å². The van der Waals surface area contributed by atoms with E-state index < -0.39 is 0 Å². The monoisotopic (exact) mass is 257 g/mol. The van der Waals surface area contributed by atoms with Gasteiger partial charge in [0.25, 0.3) is 0 Å². The predicted molar refractivity (Wildman–Crippen MR) is 79.2 cm³/mol. The summed E-state index contributed by atoms with van der Waals surface area (Å²) in [7, 11) is 2.02. The van der Waals surface area contributed by atoms with Crippen LogP contribution in [0.3, 0.4) is 0 Å². The molecule has 0 bridgehead atoms. The third-order valence-electron chi connectivity index (χ3n) is 4.36. The van der Waals surface area contributed by atoms with Crippen LogP contribution in [0.5, 0.6) is 0 Å². The van der Waals surface area contributed by atoms with E-state index in [1.807, 2.05) is 25.2 Å². The quantitative estimate of drug-likeness (QED) is 0.904. The van der Waals surface area contributed by atoms with Crippen LogP contribution in [0.25, 0.3) is 0 Å². The molecule has 0 saturated carbocycles. The van der Waals surface area contributed by atoms with Crippen LogP contribution in [0.15, 0.2) is 24.3 Å². The third kappa shape index (κ3) is 3.08. The van der Waals surface area contributed by atoms with Gasteiger partial charge in [-0.15, -0.1) is 0 Å². The average molecular weight is 257 g/mol. The molecule has 1 unspecified atom stereocenters. The largest absolute Gasteiger partial charge is 0.371 e. The lowest BCUT2D eigenvalue weighted by Gasteiger charge is -2.45. The van der Waals surface area contributed by atoms with Gasteiger partial charge in [-0.2, -0.15) is 5.26 Å². The van der Waals surface area contributed by atoms with Gasteiger partial charge in [-0.05, 0) is 49.5 Å². The van der Waals surface area contributed by atoms with Crippen LogP contribution in [0.4, 0.5) is 5.69 Å². The Kier molecular flexibility index (Phi) is 4.11. The summed E-state index contributed by atoms with van der Waals surface area (Å²) in [6.45, 7) is 7.89. The molecule has 19 heavy (non-hydrogen) atoms. The molecule has 1 heterocycles. The van der Waals surface area contributed by atoms with Crippen molar-refractivity contribution in [1.82, 2.24) is 5.32 Å². The lowest BCUT2D eigenvalue weighted by Crippen LogP contribution is -2.48. The molecule has 0 spiro atoms. The van der Waals surface area contributed by atoms with Crippen LogP contribution in [0.2, 0.25) is 0 Å². The molecular weight excluding hydrogens is 234 g/mol. The lowest BCUT2D eigenvalue weighted by atomic mass is 9.73. The molecule has 1 N–H and O–H groups in total. The fourth-order valence-corrected chi connectivity index (χ4v) is 2.83. The Morgan fingerprint density at radius 1 is 1.47 bits per heavy atom. The highest BCUT2D eigenvalue weighted by atomic mass is 15.1. The SMILES string of the molecule is CNCC1CN(c2cccc(C#N)c2)CCC1(C)C. The molecule has 0 aromatic heterocycles. The van der Waals surface area contributed by atoms with Crippen LogP contribution in [0.1, 0.15) is 25.8 Å². The standard InChI is InChI=1S/C16H23N3/c1-16(2)7-8-19(12-14(16)11-18-3)15-6-4-5-13(9-15)10-17/h4-6,9,14,18H,7-8,11-12H2,1-3H3. The third-order valence-corrected chi connectivity index (χ3v) is 4.36. The van der Waals surface area contributed by atoms with Gasteiger partial charge in [0, 0.05) is 18.8 Å². The van der Waals surface area contributed by atoms with Gasteiger partial charge in [-0.1, -0.05) is 19.9 Å². The number of nitrogens with one attached hydrogen (secondary N) is 1. The molecular formula is C16H23N3. The van der Waals surface area contributed by atoms with E-state index in [2.05, 4.69) is 36.2 Å². The average Bonchev–Trinajstić information content (AvgIpc) is 2.41. The van der Waals surface area contributed by atoms with Crippen LogP contribution in [0, 0.1) is 22.7 Å². The fourth-order valence-electron chi connectivity index (χ4n) is 2.83. The van der Waals surface area contributed by atoms with E-state index in [4.69, 9.17) is 5.26 Å². The minimum Gasteiger partial charge on any atom is -0.371 e. The van der Waals surface area contributed by atoms with E-state index in [9.17, 15) is 0 Å². The van der Waals surface area contributed by atoms with Crippen molar-refractivity contribution >= 4 is 5.69 Å². The van der Waals surface area contributed by atoms with Gasteiger partial charge >= 0.3 is 0 Å². The first-order valence-corrected chi connectivity index (χ1v) is 6.96. The summed E-state index contributed by atoms with van der Waals surface area (Å²) < 4.78 is 0. The van der Waals surface area contributed by atoms with Crippen molar-refractivity contribution in [1.29, 1.82) is 5.26 Å². The Labute approximate surface area is 116 Å². The second-order valence-electron chi connectivity index (χ2n) is 6.10. The van der Waals surface area contributed by atoms with Crippen molar-refractivity contribution in [2.24, 2.45) is 11.3 Å². The molecule has 1 fully saturated rings. The topological polar surface area (TPSA) is 39.1 Å². The number of nitriles is 1. The van der Waals surface area contributed by atoms with Crippen LogP contribution >= 0.6 is 0 Å². The van der Waals surface area contributed by atoms with Crippen molar-refractivity contribution in [2.45, 2.75) is 20.3 Å². The maximum atomic E-state index is 9.00. The summed E-state index contributed by atoms with van der Waals surface area (Å²) >= 11 is 0. The summed E-state index contributed by atoms with van der Waals surface area (Å²) in [6.07, 6.45) is 1.19. The van der Waals surface area contributed by atoms with Crippen molar-refractivity contribution < 1.29 is 0 Å². The molecule has 1 atom stereocenters. The van der Waals surface area contributed by atoms with E-state index >= 15 is 0 Å². The molecule has 1 saturated heterocycles. The number of hydrogen-bond acceptors (Lipinski definition) is 3. The van der Waals surface area contributed by atoms with E-state index in [1.54, 1.807) is 0 Å². The number of anilines is 1. The molecule has 3 heteroatoms. The summed E-state index contributed by atoms with van der Waals surface area (Å²) in [4.78, 5) is 2.41. The second-order valence-corrected chi connectivity index (χ2v) is 6.10. The zero-order valence-electron chi connectivity index (χ0n) is 12.1. The molecule has 2 rings (SSSR count). The summed E-state index contributed by atoms with van der Waals surface area (Å²) in [5.74, 6) is 0.636. The fraction of sp³-hybridized carbons (Fsp3) is 0.562. The summed E-state index contributed by atoms with van der Waals surface area (Å²) in [5, 5.41) is 12.3. The van der Waals surface area contributed by atoms with Crippen molar-refractivity contribution in [3.05, 3.63) is 29.8 Å². The highest BCUT2D eigenvalue weighted by Gasteiger charge is 2.34. The molecule has 102 valence electrons. The highest BCUT2D eigenvalue weighted by molar-refractivity contribution is 5.52. The molecule has 1 aromatic rings. The normalized spacial score (nSPS) is 22.0. The van der Waals surface area contributed by atoms with Gasteiger partial charge in [0.2, 0.25) is 0 Å². The van der Waals surface area contributed by atoms with Crippen molar-refractivity contribution in [3.8, 4) is 6.07 Å². The minimum absolute atomic E-state index is 0.381. The Hall–Kier alpha value is -1.53. The Morgan fingerprint density at radius 2 is 2.26 bits per heavy atom. The maximum Gasteiger partial charge on any atom is 0.0992 e. The highest BCUT2D eigenvalue weighted by Crippen LogP contribution is 2.37. The molecule has 1 aromatic carbocycles. The number of piperidine rings is 1. The molecule has 3 nitrogen and oxygen atoms in total. The van der Waals surface area contributed by atoms with E-state index in [-0.39, 0.29) is 0 Å². The molecule has 0 aliphatic carbocycles. The smallest absolute Gasteiger partial charge is 0.0992 e. The second kappa shape index (κ2) is 5.63. The van der Waals surface area contributed by atoms with Crippen molar-refractivity contribution in [3.63, 3.8) is 0 Å². The summed E-state index contributed by atoms with van der Waals surface area (Å²) in [5.41, 5.74) is 2.30. The lowest BCUT2D eigenvalue weighted by molar-refractivity contribution is 0.169. The maximum absolute atomic E-state index is 9.00. The first-order valence-electron chi connectivity index (χ1n) is 6.96. The Morgan fingerprint density at radius 3 is 2.95 bits per heavy atom. The van der Waals surface area contributed by atoms with Gasteiger partial charge < -0.3 is 10.2 Å². The molecule has 1 aliphatic heterocycles. The van der Waals surface area contributed by atoms with Gasteiger partial charge in [0.1, 0.15) is 0 Å².